The molecule has 0 spiro atoms. The van der Waals surface area contributed by atoms with Gasteiger partial charge in [-0.15, -0.1) is 0 Å². The largest absolute Gasteiger partial charge is 0.496 e. The predicted octanol–water partition coefficient (Wildman–Crippen LogP) is 1.56. The molecule has 2 aromatic rings. The van der Waals surface area contributed by atoms with Crippen molar-refractivity contribution in [2.75, 3.05) is 27.4 Å². The van der Waals surface area contributed by atoms with Gasteiger partial charge in [0.05, 0.1) is 19.2 Å². The van der Waals surface area contributed by atoms with Crippen LogP contribution in [0.5, 0.6) is 5.75 Å². The lowest BCUT2D eigenvalue weighted by atomic mass is 10.2. The fraction of sp³-hybridized carbons (Fsp3) is 0.357. The molecular weight excluding hydrogens is 244 g/mol. The van der Waals surface area contributed by atoms with Gasteiger partial charge in [-0.05, 0) is 18.2 Å². The number of hydrogen-bond donors (Lipinski definition) is 1. The maximum absolute atomic E-state index is 12.1. The number of nitrogens with zero attached hydrogens (tertiary/aromatic N) is 1. The number of carbonyl (C=O) groups is 1. The second-order valence-corrected chi connectivity index (χ2v) is 4.23. The maximum Gasteiger partial charge on any atom is 0.268 e. The summed E-state index contributed by atoms with van der Waals surface area (Å²) in [7, 11) is 5.10. The molecule has 0 saturated carbocycles. The minimum absolute atomic E-state index is 0.113. The molecule has 0 saturated heterocycles. The van der Waals surface area contributed by atoms with Crippen molar-refractivity contribution in [3.63, 3.8) is 0 Å². The van der Waals surface area contributed by atoms with Crippen LogP contribution in [-0.2, 0) is 11.8 Å². The third-order valence-electron chi connectivity index (χ3n) is 3.09. The Hall–Kier alpha value is -2.01. The average molecular weight is 262 g/mol. The van der Waals surface area contributed by atoms with E-state index in [2.05, 4.69) is 5.32 Å². The Kier molecular flexibility index (Phi) is 4.06. The van der Waals surface area contributed by atoms with Crippen LogP contribution in [0.2, 0.25) is 0 Å². The highest BCUT2D eigenvalue weighted by Crippen LogP contribution is 2.27. The van der Waals surface area contributed by atoms with Crippen LogP contribution < -0.4 is 10.1 Å². The summed E-state index contributed by atoms with van der Waals surface area (Å²) < 4.78 is 12.1. The van der Waals surface area contributed by atoms with E-state index in [9.17, 15) is 4.79 Å². The zero-order chi connectivity index (χ0) is 13.8. The van der Waals surface area contributed by atoms with E-state index in [-0.39, 0.29) is 5.91 Å². The molecule has 0 aliphatic carbocycles. The number of aryl methyl sites for hydroxylation is 1. The topological polar surface area (TPSA) is 52.5 Å². The summed E-state index contributed by atoms with van der Waals surface area (Å²) >= 11 is 0. The lowest BCUT2D eigenvalue weighted by molar-refractivity contribution is 0.0929. The fourth-order valence-corrected chi connectivity index (χ4v) is 2.09. The van der Waals surface area contributed by atoms with Gasteiger partial charge in [0.25, 0.3) is 5.91 Å². The van der Waals surface area contributed by atoms with E-state index in [1.54, 1.807) is 14.2 Å². The molecule has 0 fully saturated rings. The van der Waals surface area contributed by atoms with Gasteiger partial charge in [-0.25, -0.2) is 0 Å². The molecule has 2 rings (SSSR count). The highest BCUT2D eigenvalue weighted by atomic mass is 16.5. The van der Waals surface area contributed by atoms with Crippen molar-refractivity contribution >= 4 is 16.8 Å². The molecule has 5 nitrogen and oxygen atoms in total. The first-order chi connectivity index (χ1) is 9.19. The second-order valence-electron chi connectivity index (χ2n) is 4.23. The highest BCUT2D eigenvalue weighted by molar-refractivity contribution is 6.00. The summed E-state index contributed by atoms with van der Waals surface area (Å²) in [5.74, 6) is 0.654. The third-order valence-corrected chi connectivity index (χ3v) is 3.09. The van der Waals surface area contributed by atoms with Crippen LogP contribution >= 0.6 is 0 Å². The monoisotopic (exact) mass is 262 g/mol. The lowest BCUT2D eigenvalue weighted by Crippen LogP contribution is -2.28. The number of aromatic nitrogens is 1. The molecule has 0 atom stereocenters. The fourth-order valence-electron chi connectivity index (χ4n) is 2.09. The first-order valence-corrected chi connectivity index (χ1v) is 6.08. The van der Waals surface area contributed by atoms with E-state index in [1.165, 1.54) is 0 Å². The Labute approximate surface area is 112 Å². The lowest BCUT2D eigenvalue weighted by Gasteiger charge is -2.05. The Balaban J connectivity index is 2.34. The van der Waals surface area contributed by atoms with Gasteiger partial charge in [0, 0.05) is 26.1 Å². The molecule has 5 heteroatoms. The van der Waals surface area contributed by atoms with Gasteiger partial charge < -0.3 is 19.4 Å². The van der Waals surface area contributed by atoms with E-state index >= 15 is 0 Å². The Bertz CT molecular complexity index is 590. The van der Waals surface area contributed by atoms with Gasteiger partial charge in [-0.3, -0.25) is 4.79 Å². The van der Waals surface area contributed by atoms with Crippen LogP contribution in [-0.4, -0.2) is 37.8 Å². The Morgan fingerprint density at radius 1 is 1.37 bits per heavy atom. The summed E-state index contributed by atoms with van der Waals surface area (Å²) in [5, 5.41) is 3.75. The van der Waals surface area contributed by atoms with Crippen molar-refractivity contribution in [2.45, 2.75) is 0 Å². The van der Waals surface area contributed by atoms with E-state index in [4.69, 9.17) is 9.47 Å². The number of amides is 1. The van der Waals surface area contributed by atoms with Crippen LogP contribution in [0.1, 0.15) is 10.5 Å². The number of fused-ring (bicyclic) bond motifs is 1. The molecule has 1 amide bonds. The number of ether oxygens (including phenoxy) is 2. The number of carbonyl (C=O) groups excluding carboxylic acids is 1. The summed E-state index contributed by atoms with van der Waals surface area (Å²) in [6, 6.07) is 7.60. The van der Waals surface area contributed by atoms with Crippen molar-refractivity contribution < 1.29 is 14.3 Å². The standard InChI is InChI=1S/C14H18N2O3/c1-16-11-5-4-6-13(19-3)10(11)9-12(16)14(17)15-7-8-18-2/h4-6,9H,7-8H2,1-3H3,(H,15,17). The molecule has 1 aromatic heterocycles. The van der Waals surface area contributed by atoms with Crippen molar-refractivity contribution in [3.8, 4) is 5.75 Å². The quantitative estimate of drug-likeness (QED) is 0.832. The molecule has 0 radical (unpaired) electrons. The van der Waals surface area contributed by atoms with E-state index < -0.39 is 0 Å². The summed E-state index contributed by atoms with van der Waals surface area (Å²) in [6.45, 7) is 0.993. The molecule has 0 bridgehead atoms. The zero-order valence-electron chi connectivity index (χ0n) is 11.4. The van der Waals surface area contributed by atoms with Crippen LogP contribution in [0.3, 0.4) is 0 Å². The molecular formula is C14H18N2O3. The summed E-state index contributed by atoms with van der Waals surface area (Å²) in [4.78, 5) is 12.1. The van der Waals surface area contributed by atoms with Gasteiger partial charge in [0.1, 0.15) is 11.4 Å². The number of hydrogen-bond acceptors (Lipinski definition) is 3. The van der Waals surface area contributed by atoms with Crippen molar-refractivity contribution in [1.82, 2.24) is 9.88 Å². The van der Waals surface area contributed by atoms with Gasteiger partial charge >= 0.3 is 0 Å². The minimum atomic E-state index is -0.113. The molecule has 19 heavy (non-hydrogen) atoms. The molecule has 1 N–H and O–H groups in total. The first-order valence-electron chi connectivity index (χ1n) is 6.08. The summed E-state index contributed by atoms with van der Waals surface area (Å²) in [5.41, 5.74) is 1.58. The van der Waals surface area contributed by atoms with Crippen LogP contribution in [0, 0.1) is 0 Å². The van der Waals surface area contributed by atoms with Gasteiger partial charge in [-0.1, -0.05) is 6.07 Å². The molecule has 0 aliphatic rings. The van der Waals surface area contributed by atoms with Crippen molar-refractivity contribution in [3.05, 3.63) is 30.0 Å². The van der Waals surface area contributed by atoms with Crippen LogP contribution in [0.25, 0.3) is 10.9 Å². The highest BCUT2D eigenvalue weighted by Gasteiger charge is 2.14. The predicted molar refractivity (Wildman–Crippen MR) is 73.7 cm³/mol. The number of methoxy groups -OCH3 is 2. The van der Waals surface area contributed by atoms with Crippen molar-refractivity contribution in [2.24, 2.45) is 7.05 Å². The van der Waals surface area contributed by atoms with Crippen LogP contribution in [0.4, 0.5) is 0 Å². The molecule has 1 heterocycles. The average Bonchev–Trinajstić information content (AvgIpc) is 2.76. The Morgan fingerprint density at radius 2 is 2.16 bits per heavy atom. The van der Waals surface area contributed by atoms with E-state index in [0.717, 1.165) is 16.7 Å². The maximum atomic E-state index is 12.1. The van der Waals surface area contributed by atoms with Gasteiger partial charge in [0.2, 0.25) is 0 Å². The minimum Gasteiger partial charge on any atom is -0.496 e. The number of rotatable bonds is 5. The number of benzene rings is 1. The van der Waals surface area contributed by atoms with Gasteiger partial charge in [0.15, 0.2) is 0 Å². The first kappa shape index (κ1) is 13.4. The van der Waals surface area contributed by atoms with Crippen molar-refractivity contribution in [1.29, 1.82) is 0 Å². The second kappa shape index (κ2) is 5.75. The normalized spacial score (nSPS) is 10.7. The van der Waals surface area contributed by atoms with E-state index in [0.29, 0.717) is 18.8 Å². The third kappa shape index (κ3) is 2.56. The van der Waals surface area contributed by atoms with E-state index in [1.807, 2.05) is 35.9 Å². The molecule has 1 aromatic carbocycles. The van der Waals surface area contributed by atoms with Gasteiger partial charge in [-0.2, -0.15) is 0 Å². The van der Waals surface area contributed by atoms with Crippen LogP contribution in [0.15, 0.2) is 24.3 Å². The smallest absolute Gasteiger partial charge is 0.268 e. The summed E-state index contributed by atoms with van der Waals surface area (Å²) in [6.07, 6.45) is 0. The Morgan fingerprint density at radius 3 is 2.84 bits per heavy atom. The SMILES string of the molecule is COCCNC(=O)c1cc2c(OC)cccc2n1C. The zero-order valence-corrected chi connectivity index (χ0v) is 11.4. The number of nitrogens with one attached hydrogen (secondary N) is 1. The molecule has 0 aliphatic heterocycles. The molecule has 0 unspecified atom stereocenters. The molecule has 102 valence electrons.